The maximum atomic E-state index is 11.7. The summed E-state index contributed by atoms with van der Waals surface area (Å²) in [5.41, 5.74) is -0.114. The van der Waals surface area contributed by atoms with E-state index in [1.165, 1.54) is 0 Å². The number of carbonyl (C=O) groups excluding carboxylic acids is 1. The van der Waals surface area contributed by atoms with Crippen molar-refractivity contribution in [3.8, 4) is 0 Å². The zero-order chi connectivity index (χ0) is 14.2. The second-order valence-electron chi connectivity index (χ2n) is 5.76. The SMILES string of the molecule is CCC12COC(=O)N1CCN(CCc1nccn1C)C2. The van der Waals surface area contributed by atoms with Gasteiger partial charge >= 0.3 is 6.09 Å². The van der Waals surface area contributed by atoms with E-state index < -0.39 is 0 Å². The van der Waals surface area contributed by atoms with Gasteiger partial charge in [0.1, 0.15) is 12.4 Å². The van der Waals surface area contributed by atoms with Gasteiger partial charge in [0.15, 0.2) is 0 Å². The predicted molar refractivity (Wildman–Crippen MR) is 74.4 cm³/mol. The van der Waals surface area contributed by atoms with Crippen molar-refractivity contribution in [3.05, 3.63) is 18.2 Å². The number of fused-ring (bicyclic) bond motifs is 1. The van der Waals surface area contributed by atoms with Crippen molar-refractivity contribution in [1.82, 2.24) is 19.4 Å². The molecule has 2 aliphatic rings. The molecule has 1 aromatic heterocycles. The van der Waals surface area contributed by atoms with Crippen molar-refractivity contribution < 1.29 is 9.53 Å². The summed E-state index contributed by atoms with van der Waals surface area (Å²) in [4.78, 5) is 20.5. The molecule has 2 aliphatic heterocycles. The fourth-order valence-electron chi connectivity index (χ4n) is 3.23. The van der Waals surface area contributed by atoms with E-state index in [-0.39, 0.29) is 11.6 Å². The van der Waals surface area contributed by atoms with Crippen LogP contribution in [-0.2, 0) is 18.2 Å². The second-order valence-corrected chi connectivity index (χ2v) is 5.76. The number of cyclic esters (lactones) is 1. The first-order valence-electron chi connectivity index (χ1n) is 7.27. The van der Waals surface area contributed by atoms with E-state index >= 15 is 0 Å². The van der Waals surface area contributed by atoms with Crippen LogP contribution in [0.4, 0.5) is 4.79 Å². The lowest BCUT2D eigenvalue weighted by Crippen LogP contribution is -2.61. The molecule has 0 radical (unpaired) electrons. The van der Waals surface area contributed by atoms with Gasteiger partial charge in [-0.05, 0) is 6.42 Å². The molecule has 0 N–H and O–H groups in total. The molecule has 0 aliphatic carbocycles. The summed E-state index contributed by atoms with van der Waals surface area (Å²) in [6.07, 6.45) is 5.56. The molecular formula is C14H22N4O2. The van der Waals surface area contributed by atoms with Crippen LogP contribution in [0.3, 0.4) is 0 Å². The zero-order valence-electron chi connectivity index (χ0n) is 12.2. The maximum absolute atomic E-state index is 11.7. The van der Waals surface area contributed by atoms with E-state index in [4.69, 9.17) is 4.74 Å². The first-order valence-corrected chi connectivity index (χ1v) is 7.27. The highest BCUT2D eigenvalue weighted by molar-refractivity contribution is 5.71. The molecule has 2 saturated heterocycles. The predicted octanol–water partition coefficient (Wildman–Crippen LogP) is 0.879. The average Bonchev–Trinajstić information content (AvgIpc) is 3.01. The number of piperazine rings is 1. The molecular weight excluding hydrogens is 256 g/mol. The molecule has 1 aromatic rings. The largest absolute Gasteiger partial charge is 0.447 e. The van der Waals surface area contributed by atoms with Crippen LogP contribution in [0.15, 0.2) is 12.4 Å². The zero-order valence-corrected chi connectivity index (χ0v) is 12.2. The summed E-state index contributed by atoms with van der Waals surface area (Å²) in [6.45, 7) is 6.24. The van der Waals surface area contributed by atoms with Gasteiger partial charge in [-0.25, -0.2) is 9.78 Å². The average molecular weight is 278 g/mol. The first kappa shape index (κ1) is 13.4. The quantitative estimate of drug-likeness (QED) is 0.820. The van der Waals surface area contributed by atoms with Crippen molar-refractivity contribution in [3.63, 3.8) is 0 Å². The minimum atomic E-state index is -0.143. The summed E-state index contributed by atoms with van der Waals surface area (Å²) in [6, 6.07) is 0. The number of carbonyl (C=O) groups is 1. The van der Waals surface area contributed by atoms with Crippen LogP contribution in [-0.4, -0.2) is 63.8 Å². The number of aromatic nitrogens is 2. The highest BCUT2D eigenvalue weighted by atomic mass is 16.6. The van der Waals surface area contributed by atoms with Gasteiger partial charge in [0.05, 0.1) is 5.54 Å². The third-order valence-corrected chi connectivity index (χ3v) is 4.65. The Hall–Kier alpha value is -1.56. The van der Waals surface area contributed by atoms with Gasteiger partial charge in [-0.2, -0.15) is 0 Å². The molecule has 0 bridgehead atoms. The number of hydrogen-bond donors (Lipinski definition) is 0. The molecule has 0 spiro atoms. The Bertz CT molecular complexity index is 501. The molecule has 1 amide bonds. The third-order valence-electron chi connectivity index (χ3n) is 4.65. The van der Waals surface area contributed by atoms with Crippen LogP contribution < -0.4 is 0 Å². The van der Waals surface area contributed by atoms with Gasteiger partial charge in [-0.3, -0.25) is 9.80 Å². The molecule has 110 valence electrons. The Morgan fingerprint density at radius 1 is 1.45 bits per heavy atom. The van der Waals surface area contributed by atoms with Gasteiger partial charge < -0.3 is 9.30 Å². The highest BCUT2D eigenvalue weighted by Gasteiger charge is 2.49. The van der Waals surface area contributed by atoms with Crippen LogP contribution in [0, 0.1) is 0 Å². The molecule has 2 fully saturated rings. The standard InChI is InChI=1S/C14H22N4O2/c1-3-14-10-17(6-4-12-15-5-7-16(12)2)8-9-18(14)13(19)20-11-14/h5,7H,3-4,6,8-11H2,1-2H3. The Labute approximate surface area is 119 Å². The van der Waals surface area contributed by atoms with Crippen LogP contribution in [0.25, 0.3) is 0 Å². The summed E-state index contributed by atoms with van der Waals surface area (Å²) in [7, 11) is 2.03. The lowest BCUT2D eigenvalue weighted by molar-refractivity contribution is 0.0494. The summed E-state index contributed by atoms with van der Waals surface area (Å²) in [5, 5.41) is 0. The molecule has 6 nitrogen and oxygen atoms in total. The minimum Gasteiger partial charge on any atom is -0.447 e. The van der Waals surface area contributed by atoms with E-state index in [0.29, 0.717) is 6.61 Å². The topological polar surface area (TPSA) is 50.6 Å². The van der Waals surface area contributed by atoms with Crippen LogP contribution in [0.5, 0.6) is 0 Å². The Kier molecular flexibility index (Phi) is 3.41. The number of imidazole rings is 1. The fourth-order valence-corrected chi connectivity index (χ4v) is 3.23. The molecule has 6 heteroatoms. The van der Waals surface area contributed by atoms with Gasteiger partial charge in [-0.15, -0.1) is 0 Å². The summed E-state index contributed by atoms with van der Waals surface area (Å²) in [5.74, 6) is 1.11. The van der Waals surface area contributed by atoms with E-state index in [0.717, 1.165) is 44.8 Å². The van der Waals surface area contributed by atoms with Crippen molar-refractivity contribution in [2.24, 2.45) is 7.05 Å². The molecule has 3 heterocycles. The lowest BCUT2D eigenvalue weighted by Gasteiger charge is -2.44. The molecule has 0 aromatic carbocycles. The van der Waals surface area contributed by atoms with Gasteiger partial charge in [-0.1, -0.05) is 6.92 Å². The van der Waals surface area contributed by atoms with Crippen molar-refractivity contribution in [2.45, 2.75) is 25.3 Å². The monoisotopic (exact) mass is 278 g/mol. The summed E-state index contributed by atoms with van der Waals surface area (Å²) >= 11 is 0. The minimum absolute atomic E-state index is 0.114. The molecule has 1 atom stereocenters. The number of rotatable bonds is 4. The Morgan fingerprint density at radius 3 is 3.00 bits per heavy atom. The Balaban J connectivity index is 1.63. The van der Waals surface area contributed by atoms with Crippen molar-refractivity contribution in [2.75, 3.05) is 32.8 Å². The first-order chi connectivity index (χ1) is 9.64. The Morgan fingerprint density at radius 2 is 2.30 bits per heavy atom. The van der Waals surface area contributed by atoms with E-state index in [2.05, 4.69) is 21.4 Å². The van der Waals surface area contributed by atoms with Crippen LogP contribution in [0.2, 0.25) is 0 Å². The van der Waals surface area contributed by atoms with Crippen molar-refractivity contribution >= 4 is 6.09 Å². The van der Waals surface area contributed by atoms with E-state index in [1.807, 2.05) is 24.3 Å². The lowest BCUT2D eigenvalue weighted by atomic mass is 9.93. The van der Waals surface area contributed by atoms with Crippen molar-refractivity contribution in [1.29, 1.82) is 0 Å². The van der Waals surface area contributed by atoms with E-state index in [1.54, 1.807) is 0 Å². The number of hydrogen-bond acceptors (Lipinski definition) is 4. The fraction of sp³-hybridized carbons (Fsp3) is 0.714. The summed E-state index contributed by atoms with van der Waals surface area (Å²) < 4.78 is 7.32. The highest BCUT2D eigenvalue weighted by Crippen LogP contribution is 2.31. The number of amides is 1. The van der Waals surface area contributed by atoms with Crippen LogP contribution in [0.1, 0.15) is 19.2 Å². The van der Waals surface area contributed by atoms with Gasteiger partial charge in [0.25, 0.3) is 0 Å². The van der Waals surface area contributed by atoms with Gasteiger partial charge in [0.2, 0.25) is 0 Å². The maximum Gasteiger partial charge on any atom is 0.410 e. The molecule has 3 rings (SSSR count). The smallest absolute Gasteiger partial charge is 0.410 e. The van der Waals surface area contributed by atoms with Gasteiger partial charge in [0, 0.05) is 52.0 Å². The molecule has 20 heavy (non-hydrogen) atoms. The van der Waals surface area contributed by atoms with Crippen LogP contribution >= 0.6 is 0 Å². The number of nitrogens with zero attached hydrogens (tertiary/aromatic N) is 4. The van der Waals surface area contributed by atoms with E-state index in [9.17, 15) is 4.79 Å². The number of aryl methyl sites for hydroxylation is 1. The normalized spacial score (nSPS) is 26.7. The number of ether oxygens (including phenoxy) is 1. The second kappa shape index (κ2) is 5.09. The molecule has 0 saturated carbocycles. The third kappa shape index (κ3) is 2.18. The molecule has 1 unspecified atom stereocenters.